The van der Waals surface area contributed by atoms with E-state index < -0.39 is 23.6 Å². The minimum atomic E-state index is -2.76. The monoisotopic (exact) mass is 178 g/mol. The number of rotatable bonds is 1. The van der Waals surface area contributed by atoms with Gasteiger partial charge in [0.2, 0.25) is 0 Å². The van der Waals surface area contributed by atoms with Gasteiger partial charge in [-0.25, -0.2) is 17.6 Å². The van der Waals surface area contributed by atoms with Crippen LogP contribution >= 0.6 is 0 Å². The van der Waals surface area contributed by atoms with Gasteiger partial charge in [0, 0.05) is 5.56 Å². The van der Waals surface area contributed by atoms with Gasteiger partial charge in [-0.3, -0.25) is 0 Å². The van der Waals surface area contributed by atoms with Crippen molar-refractivity contribution in [3.63, 3.8) is 0 Å². The summed E-state index contributed by atoms with van der Waals surface area (Å²) in [6.07, 6.45) is -2.76. The third kappa shape index (κ3) is 1.42. The Labute approximate surface area is 66.8 Å². The molecule has 4 heteroatoms. The van der Waals surface area contributed by atoms with Gasteiger partial charge in [0.05, 0.1) is 0 Å². The first kappa shape index (κ1) is 9.03. The smallest absolute Gasteiger partial charge is 0.205 e. The van der Waals surface area contributed by atoms with E-state index in [2.05, 4.69) is 0 Å². The number of halogens is 4. The predicted octanol–water partition coefficient (Wildman–Crippen LogP) is 3.21. The van der Waals surface area contributed by atoms with Crippen molar-refractivity contribution in [3.8, 4) is 0 Å². The molecule has 66 valence electrons. The van der Waals surface area contributed by atoms with E-state index in [0.29, 0.717) is 6.07 Å². The first-order valence-corrected chi connectivity index (χ1v) is 3.26. The maximum Gasteiger partial charge on any atom is 0.264 e. The van der Waals surface area contributed by atoms with Gasteiger partial charge in [-0.05, 0) is 24.6 Å². The molecule has 12 heavy (non-hydrogen) atoms. The largest absolute Gasteiger partial charge is 0.264 e. The Hall–Kier alpha value is -1.06. The average Bonchev–Trinajstić information content (AvgIpc) is 2.00. The van der Waals surface area contributed by atoms with Gasteiger partial charge in [0.25, 0.3) is 6.43 Å². The molecule has 0 aliphatic heterocycles. The third-order valence-corrected chi connectivity index (χ3v) is 1.62. The van der Waals surface area contributed by atoms with Crippen LogP contribution in [0.25, 0.3) is 0 Å². The Morgan fingerprint density at radius 2 is 1.75 bits per heavy atom. The zero-order valence-electron chi connectivity index (χ0n) is 6.24. The summed E-state index contributed by atoms with van der Waals surface area (Å²) in [6, 6.07) is 1.59. The summed E-state index contributed by atoms with van der Waals surface area (Å²) in [6.45, 7) is 1.12. The van der Waals surface area contributed by atoms with E-state index in [1.165, 1.54) is 0 Å². The van der Waals surface area contributed by atoms with Gasteiger partial charge in [-0.15, -0.1) is 0 Å². The van der Waals surface area contributed by atoms with Crippen molar-refractivity contribution in [2.75, 3.05) is 0 Å². The SMILES string of the molecule is Cc1c(C(F)F)ccc(F)c1F. The normalized spacial score (nSPS) is 10.8. The summed E-state index contributed by atoms with van der Waals surface area (Å²) in [7, 11) is 0. The lowest BCUT2D eigenvalue weighted by Gasteiger charge is -2.05. The molecule has 1 aromatic carbocycles. The minimum absolute atomic E-state index is 0.329. The van der Waals surface area contributed by atoms with Gasteiger partial charge in [0.15, 0.2) is 11.6 Å². The van der Waals surface area contributed by atoms with Gasteiger partial charge >= 0.3 is 0 Å². The zero-order valence-corrected chi connectivity index (χ0v) is 6.24. The quantitative estimate of drug-likeness (QED) is 0.579. The molecule has 0 bridgehead atoms. The highest BCUT2D eigenvalue weighted by Gasteiger charge is 2.15. The van der Waals surface area contributed by atoms with Crippen molar-refractivity contribution in [2.45, 2.75) is 13.3 Å². The Morgan fingerprint density at radius 3 is 2.25 bits per heavy atom. The summed E-state index contributed by atoms with van der Waals surface area (Å²) in [5.41, 5.74) is -0.793. The van der Waals surface area contributed by atoms with E-state index in [1.54, 1.807) is 0 Å². The summed E-state index contributed by atoms with van der Waals surface area (Å²) in [4.78, 5) is 0. The second-order valence-corrected chi connectivity index (χ2v) is 2.38. The minimum Gasteiger partial charge on any atom is -0.205 e. The van der Waals surface area contributed by atoms with Crippen LogP contribution in [0.1, 0.15) is 17.6 Å². The number of benzene rings is 1. The first-order valence-electron chi connectivity index (χ1n) is 3.26. The second-order valence-electron chi connectivity index (χ2n) is 2.38. The lowest BCUT2D eigenvalue weighted by atomic mass is 10.1. The highest BCUT2D eigenvalue weighted by atomic mass is 19.3. The van der Waals surface area contributed by atoms with Crippen LogP contribution in [0, 0.1) is 18.6 Å². The van der Waals surface area contributed by atoms with Crippen LogP contribution < -0.4 is 0 Å². The maximum atomic E-state index is 12.6. The Bertz CT molecular complexity index is 293. The Morgan fingerprint density at radius 1 is 1.17 bits per heavy atom. The van der Waals surface area contributed by atoms with Gasteiger partial charge < -0.3 is 0 Å². The van der Waals surface area contributed by atoms with Crippen molar-refractivity contribution in [3.05, 3.63) is 34.9 Å². The van der Waals surface area contributed by atoms with Crippen LogP contribution in [0.5, 0.6) is 0 Å². The van der Waals surface area contributed by atoms with E-state index in [0.717, 1.165) is 13.0 Å². The number of hydrogen-bond donors (Lipinski definition) is 0. The van der Waals surface area contributed by atoms with Crippen molar-refractivity contribution in [2.24, 2.45) is 0 Å². The van der Waals surface area contributed by atoms with Crippen LogP contribution in [0.15, 0.2) is 12.1 Å². The molecule has 0 amide bonds. The highest BCUT2D eigenvalue weighted by molar-refractivity contribution is 5.29. The van der Waals surface area contributed by atoms with Crippen LogP contribution in [0.4, 0.5) is 17.6 Å². The Balaban J connectivity index is 3.27. The third-order valence-electron chi connectivity index (χ3n) is 1.62. The fourth-order valence-electron chi connectivity index (χ4n) is 0.903. The molecule has 1 rings (SSSR count). The molecule has 0 spiro atoms. The fraction of sp³-hybridized carbons (Fsp3) is 0.250. The highest BCUT2D eigenvalue weighted by Crippen LogP contribution is 2.25. The lowest BCUT2D eigenvalue weighted by Crippen LogP contribution is -1.96. The van der Waals surface area contributed by atoms with Crippen molar-refractivity contribution in [1.29, 1.82) is 0 Å². The van der Waals surface area contributed by atoms with Crippen LogP contribution in [-0.4, -0.2) is 0 Å². The topological polar surface area (TPSA) is 0 Å². The molecule has 0 nitrogen and oxygen atoms in total. The van der Waals surface area contributed by atoms with E-state index in [1.807, 2.05) is 0 Å². The molecular formula is C8H6F4. The lowest BCUT2D eigenvalue weighted by molar-refractivity contribution is 0.150. The fourth-order valence-corrected chi connectivity index (χ4v) is 0.903. The number of hydrogen-bond acceptors (Lipinski definition) is 0. The van der Waals surface area contributed by atoms with Crippen LogP contribution in [0.3, 0.4) is 0 Å². The molecule has 1 aromatic rings. The van der Waals surface area contributed by atoms with Crippen molar-refractivity contribution < 1.29 is 17.6 Å². The summed E-state index contributed by atoms with van der Waals surface area (Å²) < 4.78 is 49.1. The van der Waals surface area contributed by atoms with E-state index in [4.69, 9.17) is 0 Å². The molecule has 0 atom stereocenters. The molecule has 0 radical (unpaired) electrons. The Kier molecular flexibility index (Phi) is 2.35. The molecule has 0 unspecified atom stereocenters. The molecular weight excluding hydrogens is 172 g/mol. The molecule has 0 fully saturated rings. The van der Waals surface area contributed by atoms with Crippen LogP contribution in [0.2, 0.25) is 0 Å². The summed E-state index contributed by atoms with van der Waals surface area (Å²) in [5.74, 6) is -2.30. The molecule has 0 N–H and O–H groups in total. The first-order chi connectivity index (χ1) is 5.54. The number of alkyl halides is 2. The zero-order chi connectivity index (χ0) is 9.30. The standard InChI is InChI=1S/C8H6F4/c1-4-5(8(11)12)2-3-6(9)7(4)10/h2-3,8H,1H3. The van der Waals surface area contributed by atoms with E-state index in [-0.39, 0.29) is 5.56 Å². The second kappa shape index (κ2) is 3.13. The predicted molar refractivity (Wildman–Crippen MR) is 36.1 cm³/mol. The summed E-state index contributed by atoms with van der Waals surface area (Å²) in [5, 5.41) is 0. The van der Waals surface area contributed by atoms with E-state index in [9.17, 15) is 17.6 Å². The summed E-state index contributed by atoms with van der Waals surface area (Å²) >= 11 is 0. The molecule has 0 saturated heterocycles. The maximum absolute atomic E-state index is 12.6. The molecule has 0 saturated carbocycles. The van der Waals surface area contributed by atoms with Gasteiger partial charge in [-0.2, -0.15) is 0 Å². The average molecular weight is 178 g/mol. The van der Waals surface area contributed by atoms with Gasteiger partial charge in [-0.1, -0.05) is 0 Å². The molecule has 0 aliphatic rings. The van der Waals surface area contributed by atoms with E-state index >= 15 is 0 Å². The van der Waals surface area contributed by atoms with Crippen molar-refractivity contribution in [1.82, 2.24) is 0 Å². The van der Waals surface area contributed by atoms with Gasteiger partial charge in [0.1, 0.15) is 0 Å². The molecule has 0 aliphatic carbocycles. The van der Waals surface area contributed by atoms with Crippen LogP contribution in [-0.2, 0) is 0 Å². The van der Waals surface area contributed by atoms with Crippen molar-refractivity contribution >= 4 is 0 Å². The molecule has 0 aromatic heterocycles. The molecule has 0 heterocycles.